The van der Waals surface area contributed by atoms with E-state index in [-0.39, 0.29) is 6.04 Å². The van der Waals surface area contributed by atoms with E-state index < -0.39 is 0 Å². The summed E-state index contributed by atoms with van der Waals surface area (Å²) in [4.78, 5) is 0. The first-order valence-electron chi connectivity index (χ1n) is 7.35. The van der Waals surface area contributed by atoms with Crippen molar-refractivity contribution in [2.24, 2.45) is 0 Å². The van der Waals surface area contributed by atoms with E-state index in [2.05, 4.69) is 71.5 Å². The maximum Gasteiger partial charge on any atom is 0.133 e. The van der Waals surface area contributed by atoms with Crippen LogP contribution in [0.1, 0.15) is 36.6 Å². The molecule has 2 aromatic carbocycles. The molecule has 0 fully saturated rings. The van der Waals surface area contributed by atoms with Crippen molar-refractivity contribution >= 4 is 15.9 Å². The number of hydrogen-bond acceptors (Lipinski definition) is 2. The molecule has 0 aliphatic rings. The van der Waals surface area contributed by atoms with Gasteiger partial charge in [0.25, 0.3) is 0 Å². The van der Waals surface area contributed by atoms with Gasteiger partial charge in [-0.15, -0.1) is 0 Å². The van der Waals surface area contributed by atoms with E-state index in [1.807, 2.05) is 6.07 Å². The molecule has 2 rings (SSSR count). The number of aryl methyl sites for hydroxylation is 1. The van der Waals surface area contributed by atoms with E-state index in [4.69, 9.17) is 4.74 Å². The normalized spacial score (nSPS) is 12.2. The Hall–Kier alpha value is -1.32. The van der Waals surface area contributed by atoms with Crippen LogP contribution in [-0.2, 0) is 6.42 Å². The van der Waals surface area contributed by atoms with Crippen molar-refractivity contribution in [1.82, 2.24) is 5.32 Å². The lowest BCUT2D eigenvalue weighted by atomic mass is 9.97. The van der Waals surface area contributed by atoms with Crippen molar-refractivity contribution in [1.29, 1.82) is 0 Å². The average Bonchev–Trinajstić information content (AvgIpc) is 2.52. The molecule has 0 spiro atoms. The van der Waals surface area contributed by atoms with E-state index in [1.165, 1.54) is 16.7 Å². The molecular formula is C18H22BrNO. The molecule has 21 heavy (non-hydrogen) atoms. The maximum atomic E-state index is 5.31. The van der Waals surface area contributed by atoms with Gasteiger partial charge in [0, 0.05) is 0 Å². The Morgan fingerprint density at radius 1 is 1.05 bits per heavy atom. The molecule has 0 aliphatic heterocycles. The third-order valence-electron chi connectivity index (χ3n) is 3.64. The van der Waals surface area contributed by atoms with Crippen LogP contribution in [0.5, 0.6) is 5.75 Å². The molecule has 1 N–H and O–H groups in total. The molecule has 2 aromatic rings. The van der Waals surface area contributed by atoms with Gasteiger partial charge >= 0.3 is 0 Å². The molecule has 0 radical (unpaired) electrons. The summed E-state index contributed by atoms with van der Waals surface area (Å²) >= 11 is 3.57. The molecule has 0 aliphatic carbocycles. The first kappa shape index (κ1) is 16.1. The minimum Gasteiger partial charge on any atom is -0.496 e. The smallest absolute Gasteiger partial charge is 0.133 e. The molecule has 0 aromatic heterocycles. The Bertz CT molecular complexity index is 580. The highest BCUT2D eigenvalue weighted by Gasteiger charge is 2.14. The Morgan fingerprint density at radius 3 is 2.24 bits per heavy atom. The van der Waals surface area contributed by atoms with Crippen LogP contribution < -0.4 is 10.1 Å². The third-order valence-corrected chi connectivity index (χ3v) is 4.26. The van der Waals surface area contributed by atoms with E-state index >= 15 is 0 Å². The second-order valence-electron chi connectivity index (χ2n) is 4.98. The second kappa shape index (κ2) is 7.62. The minimum atomic E-state index is 0.197. The van der Waals surface area contributed by atoms with Gasteiger partial charge in [0.05, 0.1) is 17.6 Å². The molecule has 3 heteroatoms. The molecule has 0 bridgehead atoms. The zero-order chi connectivity index (χ0) is 15.2. The largest absolute Gasteiger partial charge is 0.496 e. The highest BCUT2D eigenvalue weighted by atomic mass is 79.9. The quantitative estimate of drug-likeness (QED) is 0.816. The zero-order valence-corrected chi connectivity index (χ0v) is 14.4. The fourth-order valence-electron chi connectivity index (χ4n) is 2.44. The van der Waals surface area contributed by atoms with Gasteiger partial charge < -0.3 is 10.1 Å². The van der Waals surface area contributed by atoms with Crippen LogP contribution in [0.2, 0.25) is 0 Å². The van der Waals surface area contributed by atoms with Gasteiger partial charge in [-0.2, -0.15) is 0 Å². The van der Waals surface area contributed by atoms with Gasteiger partial charge in [0.15, 0.2) is 0 Å². The number of rotatable bonds is 6. The lowest BCUT2D eigenvalue weighted by Crippen LogP contribution is -2.22. The van der Waals surface area contributed by atoms with E-state index in [9.17, 15) is 0 Å². The molecule has 0 amide bonds. The van der Waals surface area contributed by atoms with Crippen LogP contribution in [0.25, 0.3) is 0 Å². The molecule has 1 unspecified atom stereocenters. The number of methoxy groups -OCH3 is 1. The molecule has 1 atom stereocenters. The highest BCUT2D eigenvalue weighted by molar-refractivity contribution is 9.10. The van der Waals surface area contributed by atoms with Crippen LogP contribution in [0.4, 0.5) is 0 Å². The lowest BCUT2D eigenvalue weighted by Gasteiger charge is -2.20. The zero-order valence-electron chi connectivity index (χ0n) is 12.8. The van der Waals surface area contributed by atoms with E-state index in [1.54, 1.807) is 7.11 Å². The van der Waals surface area contributed by atoms with Gasteiger partial charge in [-0.1, -0.05) is 44.2 Å². The van der Waals surface area contributed by atoms with Crippen LogP contribution in [0, 0.1) is 0 Å². The van der Waals surface area contributed by atoms with Crippen molar-refractivity contribution in [2.75, 3.05) is 13.7 Å². The lowest BCUT2D eigenvalue weighted by molar-refractivity contribution is 0.412. The fraction of sp³-hybridized carbons (Fsp3) is 0.333. The summed E-state index contributed by atoms with van der Waals surface area (Å²) < 4.78 is 6.29. The summed E-state index contributed by atoms with van der Waals surface area (Å²) in [6.45, 7) is 5.23. The SMILES string of the molecule is CCNC(c1ccc(CC)cc1)c1ccc(OC)c(Br)c1. The van der Waals surface area contributed by atoms with Crippen molar-refractivity contribution in [2.45, 2.75) is 26.3 Å². The molecule has 0 saturated heterocycles. The van der Waals surface area contributed by atoms with Gasteiger partial charge in [-0.25, -0.2) is 0 Å². The number of nitrogens with one attached hydrogen (secondary N) is 1. The van der Waals surface area contributed by atoms with Crippen LogP contribution in [-0.4, -0.2) is 13.7 Å². The number of halogens is 1. The summed E-state index contributed by atoms with van der Waals surface area (Å²) in [7, 11) is 1.69. The van der Waals surface area contributed by atoms with E-state index in [0.29, 0.717) is 0 Å². The van der Waals surface area contributed by atoms with Crippen molar-refractivity contribution in [3.8, 4) is 5.75 Å². The summed E-state index contributed by atoms with van der Waals surface area (Å²) in [6.07, 6.45) is 1.07. The first-order chi connectivity index (χ1) is 10.2. The molecule has 112 valence electrons. The second-order valence-corrected chi connectivity index (χ2v) is 5.83. The predicted molar refractivity (Wildman–Crippen MR) is 92.0 cm³/mol. The molecule has 2 nitrogen and oxygen atoms in total. The van der Waals surface area contributed by atoms with Crippen molar-refractivity contribution < 1.29 is 4.74 Å². The number of benzene rings is 2. The van der Waals surface area contributed by atoms with Crippen LogP contribution >= 0.6 is 15.9 Å². The van der Waals surface area contributed by atoms with Gasteiger partial charge in [0.2, 0.25) is 0 Å². The first-order valence-corrected chi connectivity index (χ1v) is 8.14. The van der Waals surface area contributed by atoms with Crippen LogP contribution in [0.15, 0.2) is 46.9 Å². The Balaban J connectivity index is 2.35. The minimum absolute atomic E-state index is 0.197. The highest BCUT2D eigenvalue weighted by Crippen LogP contribution is 2.30. The molecular weight excluding hydrogens is 326 g/mol. The van der Waals surface area contributed by atoms with Gasteiger partial charge in [-0.05, 0) is 57.7 Å². The Labute approximate surface area is 135 Å². The average molecular weight is 348 g/mol. The van der Waals surface area contributed by atoms with Crippen LogP contribution in [0.3, 0.4) is 0 Å². The molecule has 0 heterocycles. The summed E-state index contributed by atoms with van der Waals surface area (Å²) in [5.74, 6) is 0.857. The fourth-order valence-corrected chi connectivity index (χ4v) is 3.00. The summed E-state index contributed by atoms with van der Waals surface area (Å²) in [5, 5.41) is 3.56. The third kappa shape index (κ3) is 3.86. The Morgan fingerprint density at radius 2 is 1.71 bits per heavy atom. The Kier molecular flexibility index (Phi) is 5.83. The monoisotopic (exact) mass is 347 g/mol. The maximum absolute atomic E-state index is 5.31. The van der Waals surface area contributed by atoms with E-state index in [0.717, 1.165) is 23.2 Å². The topological polar surface area (TPSA) is 21.3 Å². The summed E-state index contributed by atoms with van der Waals surface area (Å²) in [6, 6.07) is 15.3. The van der Waals surface area contributed by atoms with Crippen molar-refractivity contribution in [3.05, 3.63) is 63.6 Å². The predicted octanol–water partition coefficient (Wildman–Crippen LogP) is 4.72. The van der Waals surface area contributed by atoms with Crippen molar-refractivity contribution in [3.63, 3.8) is 0 Å². The number of ether oxygens (including phenoxy) is 1. The number of hydrogen-bond donors (Lipinski definition) is 1. The van der Waals surface area contributed by atoms with Gasteiger partial charge in [-0.3, -0.25) is 0 Å². The molecule has 0 saturated carbocycles. The standard InChI is InChI=1S/C18H22BrNO/c1-4-13-6-8-14(9-7-13)18(20-5-2)15-10-11-17(21-3)16(19)12-15/h6-12,18,20H,4-5H2,1-3H3. The summed E-state index contributed by atoms with van der Waals surface area (Å²) in [5.41, 5.74) is 3.88. The van der Waals surface area contributed by atoms with Gasteiger partial charge in [0.1, 0.15) is 5.75 Å².